The number of anilines is 1. The second-order valence-electron chi connectivity index (χ2n) is 3.59. The zero-order valence-corrected chi connectivity index (χ0v) is 11.7. The highest BCUT2D eigenvalue weighted by atomic mass is 35.5. The second kappa shape index (κ2) is 6.97. The molecule has 0 aliphatic carbocycles. The van der Waals surface area contributed by atoms with E-state index in [0.717, 1.165) is 11.3 Å². The minimum atomic E-state index is -4.55. The van der Waals surface area contributed by atoms with Crippen molar-refractivity contribution in [1.29, 1.82) is 0 Å². The van der Waals surface area contributed by atoms with Gasteiger partial charge in [-0.25, -0.2) is 15.2 Å². The standard InChI is InChI=1S/C10H11ClF3N5O2/c1-19(18-9(20)16-5-17-21-2)8-7(11)3-6(4-15-8)10(12,13)14/h3-5H,1-2H3,(H2,16,17,18,20). The molecule has 0 aliphatic heterocycles. The Labute approximate surface area is 122 Å². The van der Waals surface area contributed by atoms with Crippen molar-refractivity contribution in [3.63, 3.8) is 0 Å². The lowest BCUT2D eigenvalue weighted by atomic mass is 10.3. The van der Waals surface area contributed by atoms with E-state index in [-0.39, 0.29) is 10.8 Å². The number of halogens is 4. The van der Waals surface area contributed by atoms with Gasteiger partial charge in [-0.1, -0.05) is 16.8 Å². The van der Waals surface area contributed by atoms with Crippen molar-refractivity contribution >= 4 is 29.8 Å². The molecule has 0 fully saturated rings. The number of amides is 2. The van der Waals surface area contributed by atoms with Crippen LogP contribution in [-0.4, -0.2) is 31.5 Å². The molecule has 1 heterocycles. The number of nitrogens with one attached hydrogen (secondary N) is 2. The van der Waals surface area contributed by atoms with Crippen LogP contribution in [0.2, 0.25) is 5.02 Å². The van der Waals surface area contributed by atoms with Crippen molar-refractivity contribution in [3.05, 3.63) is 22.8 Å². The Morgan fingerprint density at radius 1 is 1.57 bits per heavy atom. The molecule has 0 bridgehead atoms. The maximum absolute atomic E-state index is 12.5. The van der Waals surface area contributed by atoms with E-state index in [0.29, 0.717) is 12.3 Å². The van der Waals surface area contributed by atoms with E-state index in [2.05, 4.69) is 25.7 Å². The van der Waals surface area contributed by atoms with Gasteiger partial charge in [0.15, 0.2) is 5.82 Å². The van der Waals surface area contributed by atoms with Crippen LogP contribution in [0.1, 0.15) is 5.56 Å². The fourth-order valence-electron chi connectivity index (χ4n) is 1.21. The highest BCUT2D eigenvalue weighted by Gasteiger charge is 2.31. The predicted octanol–water partition coefficient (Wildman–Crippen LogP) is 1.99. The number of aromatic nitrogens is 1. The Morgan fingerprint density at radius 2 is 2.24 bits per heavy atom. The highest BCUT2D eigenvalue weighted by molar-refractivity contribution is 6.33. The van der Waals surface area contributed by atoms with Crippen LogP contribution in [0.5, 0.6) is 0 Å². The first kappa shape index (κ1) is 16.8. The molecule has 0 atom stereocenters. The third kappa shape index (κ3) is 4.99. The number of hydrogen-bond acceptors (Lipinski definition) is 5. The van der Waals surface area contributed by atoms with E-state index in [1.807, 2.05) is 0 Å². The fraction of sp³-hybridized carbons (Fsp3) is 0.300. The molecule has 1 aromatic heterocycles. The lowest BCUT2D eigenvalue weighted by Crippen LogP contribution is -2.45. The highest BCUT2D eigenvalue weighted by Crippen LogP contribution is 2.32. The van der Waals surface area contributed by atoms with Gasteiger partial charge in [-0.2, -0.15) is 13.2 Å². The van der Waals surface area contributed by atoms with Crippen molar-refractivity contribution in [2.75, 3.05) is 19.2 Å². The summed E-state index contributed by atoms with van der Waals surface area (Å²) in [5.41, 5.74) is 1.28. The molecule has 11 heteroatoms. The number of oxime groups is 1. The van der Waals surface area contributed by atoms with Gasteiger partial charge in [-0.15, -0.1) is 0 Å². The van der Waals surface area contributed by atoms with E-state index in [4.69, 9.17) is 11.6 Å². The van der Waals surface area contributed by atoms with Crippen LogP contribution in [0.4, 0.5) is 23.8 Å². The molecule has 7 nitrogen and oxygen atoms in total. The molecule has 1 aromatic rings. The van der Waals surface area contributed by atoms with E-state index in [9.17, 15) is 18.0 Å². The summed E-state index contributed by atoms with van der Waals surface area (Å²) in [6.45, 7) is 0. The summed E-state index contributed by atoms with van der Waals surface area (Å²) >= 11 is 5.72. The molecule has 0 spiro atoms. The van der Waals surface area contributed by atoms with Gasteiger partial charge in [-0.05, 0) is 6.07 Å². The van der Waals surface area contributed by atoms with Crippen LogP contribution in [0.25, 0.3) is 0 Å². The van der Waals surface area contributed by atoms with Crippen LogP contribution in [0, 0.1) is 0 Å². The average molecular weight is 326 g/mol. The smallest absolute Gasteiger partial charge is 0.398 e. The summed E-state index contributed by atoms with van der Waals surface area (Å²) in [7, 11) is 2.64. The van der Waals surface area contributed by atoms with Gasteiger partial charge in [0.1, 0.15) is 13.4 Å². The lowest BCUT2D eigenvalue weighted by Gasteiger charge is -2.20. The number of alkyl halides is 3. The Kier molecular flexibility index (Phi) is 5.59. The van der Waals surface area contributed by atoms with Crippen LogP contribution >= 0.6 is 11.6 Å². The first-order valence-electron chi connectivity index (χ1n) is 5.34. The third-order valence-electron chi connectivity index (χ3n) is 2.09. The van der Waals surface area contributed by atoms with Crippen LogP contribution < -0.4 is 15.8 Å². The number of hydrazine groups is 1. The zero-order valence-electron chi connectivity index (χ0n) is 10.9. The predicted molar refractivity (Wildman–Crippen MR) is 69.8 cm³/mol. The van der Waals surface area contributed by atoms with Gasteiger partial charge in [0, 0.05) is 13.2 Å². The largest absolute Gasteiger partial charge is 0.417 e. The number of carbonyl (C=O) groups excluding carboxylic acids is 1. The van der Waals surface area contributed by atoms with E-state index >= 15 is 0 Å². The quantitative estimate of drug-likeness (QED) is 0.504. The molecule has 0 unspecified atom stereocenters. The summed E-state index contributed by atoms with van der Waals surface area (Å²) in [6.07, 6.45) is -2.95. The van der Waals surface area contributed by atoms with Gasteiger partial charge in [-0.3, -0.25) is 10.3 Å². The Balaban J connectivity index is 2.77. The zero-order chi connectivity index (χ0) is 16.0. The molecular weight excluding hydrogens is 315 g/mol. The summed E-state index contributed by atoms with van der Waals surface area (Å²) in [5.74, 6) is -0.0523. The number of urea groups is 1. The Hall–Kier alpha value is -2.23. The maximum atomic E-state index is 12.5. The molecule has 116 valence electrons. The first-order chi connectivity index (χ1) is 9.75. The molecular formula is C10H11ClF3N5O2. The first-order valence-corrected chi connectivity index (χ1v) is 5.72. The lowest BCUT2D eigenvalue weighted by molar-refractivity contribution is -0.137. The number of carbonyl (C=O) groups is 1. The van der Waals surface area contributed by atoms with Crippen molar-refractivity contribution in [3.8, 4) is 0 Å². The van der Waals surface area contributed by atoms with Gasteiger partial charge in [0.05, 0.1) is 10.6 Å². The van der Waals surface area contributed by atoms with Gasteiger partial charge in [0.2, 0.25) is 0 Å². The molecule has 0 saturated carbocycles. The minimum absolute atomic E-state index is 0.0523. The summed E-state index contributed by atoms with van der Waals surface area (Å²) in [4.78, 5) is 19.3. The number of rotatable bonds is 4. The molecule has 2 amide bonds. The van der Waals surface area contributed by atoms with E-state index < -0.39 is 17.8 Å². The van der Waals surface area contributed by atoms with Crippen molar-refractivity contribution in [1.82, 2.24) is 15.7 Å². The van der Waals surface area contributed by atoms with Crippen LogP contribution in [0.3, 0.4) is 0 Å². The molecule has 0 saturated heterocycles. The van der Waals surface area contributed by atoms with Crippen molar-refractivity contribution < 1.29 is 22.8 Å². The normalized spacial score (nSPS) is 11.3. The SMILES string of the molecule is CON=CNC(=O)NN(C)c1ncc(C(F)(F)F)cc1Cl. The number of nitrogens with zero attached hydrogens (tertiary/aromatic N) is 3. The number of pyridine rings is 1. The van der Waals surface area contributed by atoms with Crippen LogP contribution in [-0.2, 0) is 11.0 Å². The molecule has 1 rings (SSSR count). The monoisotopic (exact) mass is 325 g/mol. The molecule has 2 N–H and O–H groups in total. The number of hydrogen-bond donors (Lipinski definition) is 2. The van der Waals surface area contributed by atoms with E-state index in [1.54, 1.807) is 0 Å². The van der Waals surface area contributed by atoms with Gasteiger partial charge in [0.25, 0.3) is 0 Å². The van der Waals surface area contributed by atoms with Crippen molar-refractivity contribution in [2.24, 2.45) is 5.16 Å². The van der Waals surface area contributed by atoms with Crippen LogP contribution in [0.15, 0.2) is 17.4 Å². The maximum Gasteiger partial charge on any atom is 0.417 e. The average Bonchev–Trinajstić information content (AvgIpc) is 2.37. The molecule has 0 aliphatic rings. The van der Waals surface area contributed by atoms with E-state index in [1.165, 1.54) is 14.2 Å². The molecule has 21 heavy (non-hydrogen) atoms. The van der Waals surface area contributed by atoms with Gasteiger partial charge >= 0.3 is 12.2 Å². The Bertz CT molecular complexity index is 538. The second-order valence-corrected chi connectivity index (χ2v) is 4.00. The van der Waals surface area contributed by atoms with Crippen molar-refractivity contribution in [2.45, 2.75) is 6.18 Å². The fourth-order valence-corrected chi connectivity index (χ4v) is 1.50. The van der Waals surface area contributed by atoms with Gasteiger partial charge < -0.3 is 4.84 Å². The molecule has 0 aromatic carbocycles. The summed E-state index contributed by atoms with van der Waals surface area (Å²) in [5, 5.41) is 6.23. The Morgan fingerprint density at radius 3 is 2.76 bits per heavy atom. The minimum Gasteiger partial charge on any atom is -0.398 e. The summed E-state index contributed by atoms with van der Waals surface area (Å²) in [6, 6.07) is 0.00266. The third-order valence-corrected chi connectivity index (χ3v) is 2.37. The summed E-state index contributed by atoms with van der Waals surface area (Å²) < 4.78 is 37.4. The topological polar surface area (TPSA) is 78.8 Å². The molecule has 0 radical (unpaired) electrons.